The van der Waals surface area contributed by atoms with Crippen LogP contribution in [-0.2, 0) is 12.8 Å². The first-order valence-corrected chi connectivity index (χ1v) is 7.34. The Kier molecular flexibility index (Phi) is 4.61. The molecule has 0 atom stereocenters. The molecule has 134 valence electrons. The molecule has 26 heavy (non-hydrogen) atoms. The van der Waals surface area contributed by atoms with Gasteiger partial charge in [-0.3, -0.25) is 10.1 Å². The largest absolute Gasteiger partial charge is 0.459 e. The molecule has 0 aliphatic rings. The first kappa shape index (κ1) is 17.5. The van der Waals surface area contributed by atoms with Crippen molar-refractivity contribution < 1.29 is 27.2 Å². The van der Waals surface area contributed by atoms with Gasteiger partial charge in [-0.2, -0.15) is 13.2 Å². The highest BCUT2D eigenvalue weighted by Crippen LogP contribution is 2.39. The number of nitro benzene ring substituents is 1. The molecule has 6 nitrogen and oxygen atoms in total. The summed E-state index contributed by atoms with van der Waals surface area (Å²) in [7, 11) is 0. The Morgan fingerprint density at radius 2 is 1.73 bits per heavy atom. The van der Waals surface area contributed by atoms with Crippen LogP contribution in [0.2, 0.25) is 0 Å². The zero-order valence-corrected chi connectivity index (χ0v) is 13.1. The van der Waals surface area contributed by atoms with Gasteiger partial charge in [0.25, 0.3) is 5.69 Å². The minimum Gasteiger partial charge on any atom is -0.459 e. The summed E-state index contributed by atoms with van der Waals surface area (Å²) >= 11 is 0. The highest BCUT2D eigenvalue weighted by Gasteiger charge is 2.40. The van der Waals surface area contributed by atoms with Crippen molar-refractivity contribution in [1.29, 1.82) is 0 Å². The predicted molar refractivity (Wildman–Crippen MR) is 84.4 cm³/mol. The molecule has 0 spiro atoms. The van der Waals surface area contributed by atoms with Gasteiger partial charge in [0, 0.05) is 17.7 Å². The Hall–Kier alpha value is -3.36. The van der Waals surface area contributed by atoms with E-state index in [0.29, 0.717) is 11.1 Å². The molecular weight excluding hydrogens is 353 g/mol. The molecule has 0 amide bonds. The first-order valence-electron chi connectivity index (χ1n) is 7.34. The number of halogens is 3. The molecule has 0 aliphatic heterocycles. The van der Waals surface area contributed by atoms with Gasteiger partial charge in [0.05, 0.1) is 4.92 Å². The van der Waals surface area contributed by atoms with Crippen molar-refractivity contribution in [3.05, 3.63) is 76.0 Å². The van der Waals surface area contributed by atoms with E-state index in [0.717, 1.165) is 0 Å². The summed E-state index contributed by atoms with van der Waals surface area (Å²) in [4.78, 5) is 13.5. The number of rotatable bonds is 5. The average Bonchev–Trinajstić information content (AvgIpc) is 3.06. The fourth-order valence-corrected chi connectivity index (χ4v) is 2.15. The van der Waals surface area contributed by atoms with Crippen LogP contribution in [-0.4, -0.2) is 9.91 Å². The zero-order valence-electron chi connectivity index (χ0n) is 13.1. The Bertz CT molecular complexity index is 906. The van der Waals surface area contributed by atoms with Gasteiger partial charge in [-0.25, -0.2) is 4.98 Å². The van der Waals surface area contributed by atoms with Gasteiger partial charge >= 0.3 is 12.1 Å². The number of aromatic nitrogens is 1. The van der Waals surface area contributed by atoms with Gasteiger partial charge in [-0.15, -0.1) is 0 Å². The van der Waals surface area contributed by atoms with Crippen molar-refractivity contribution in [1.82, 2.24) is 4.98 Å². The van der Waals surface area contributed by atoms with Crippen molar-refractivity contribution >= 4 is 5.69 Å². The van der Waals surface area contributed by atoms with Crippen molar-refractivity contribution in [3.8, 4) is 17.4 Å². The number of benzene rings is 2. The van der Waals surface area contributed by atoms with Crippen molar-refractivity contribution in [3.63, 3.8) is 0 Å². The molecule has 2 aromatic carbocycles. The maximum Gasteiger partial charge on any atom is 0.440 e. The van der Waals surface area contributed by atoms with Gasteiger partial charge < -0.3 is 9.15 Å². The molecule has 9 heteroatoms. The summed E-state index contributed by atoms with van der Waals surface area (Å²) in [6.45, 7) is -0.259. The molecule has 0 unspecified atom stereocenters. The molecule has 0 saturated carbocycles. The smallest absolute Gasteiger partial charge is 0.440 e. The van der Waals surface area contributed by atoms with Crippen LogP contribution < -0.4 is 4.74 Å². The second kappa shape index (κ2) is 6.87. The molecule has 3 aromatic rings. The van der Waals surface area contributed by atoms with E-state index in [1.807, 2.05) is 0 Å². The number of hydrogen-bond donors (Lipinski definition) is 0. The highest BCUT2D eigenvalue weighted by molar-refractivity contribution is 5.54. The van der Waals surface area contributed by atoms with Crippen LogP contribution in [0, 0.1) is 10.1 Å². The monoisotopic (exact) mass is 364 g/mol. The van der Waals surface area contributed by atoms with E-state index in [1.165, 1.54) is 24.3 Å². The SMILES string of the molecule is O=[N+]([O-])c1ccc(COc2oc(-c3ccccc3)nc2C(F)(F)F)cc1. The van der Waals surface area contributed by atoms with E-state index in [2.05, 4.69) is 4.98 Å². The third-order valence-electron chi connectivity index (χ3n) is 3.40. The second-order valence-corrected chi connectivity index (χ2v) is 5.23. The van der Waals surface area contributed by atoms with Crippen LogP contribution in [0.3, 0.4) is 0 Å². The molecule has 0 aliphatic carbocycles. The molecule has 0 bridgehead atoms. The molecule has 3 rings (SSSR count). The van der Waals surface area contributed by atoms with Crippen molar-refractivity contribution in [2.24, 2.45) is 0 Å². The van der Waals surface area contributed by atoms with E-state index in [9.17, 15) is 23.3 Å². The van der Waals surface area contributed by atoms with Crippen LogP contribution in [0.5, 0.6) is 5.95 Å². The Morgan fingerprint density at radius 3 is 2.31 bits per heavy atom. The summed E-state index contributed by atoms with van der Waals surface area (Å²) < 4.78 is 49.8. The average molecular weight is 364 g/mol. The molecule has 1 heterocycles. The molecule has 1 aromatic heterocycles. The van der Waals surface area contributed by atoms with Gasteiger partial charge in [0.2, 0.25) is 11.6 Å². The van der Waals surface area contributed by atoms with Gasteiger partial charge in [-0.05, 0) is 29.8 Å². The molecule has 0 radical (unpaired) electrons. The van der Waals surface area contributed by atoms with Crippen LogP contribution in [0.1, 0.15) is 11.3 Å². The molecule has 0 N–H and O–H groups in total. The maximum absolute atomic E-state index is 13.2. The van der Waals surface area contributed by atoms with E-state index in [1.54, 1.807) is 30.3 Å². The van der Waals surface area contributed by atoms with Crippen LogP contribution in [0.4, 0.5) is 18.9 Å². The topological polar surface area (TPSA) is 78.4 Å². The maximum atomic E-state index is 13.2. The van der Waals surface area contributed by atoms with Gasteiger partial charge in [0.1, 0.15) is 6.61 Å². The lowest BCUT2D eigenvalue weighted by atomic mass is 10.2. The number of oxazole rings is 1. The minimum absolute atomic E-state index is 0.129. The third kappa shape index (κ3) is 3.82. The summed E-state index contributed by atoms with van der Waals surface area (Å²) in [5.41, 5.74) is -0.571. The lowest BCUT2D eigenvalue weighted by Crippen LogP contribution is -2.08. The fraction of sp³-hybridized carbons (Fsp3) is 0.118. The lowest BCUT2D eigenvalue weighted by Gasteiger charge is -2.06. The standard InChI is InChI=1S/C17H11F3N2O4/c18-17(19,20)14-16(26-15(21-14)12-4-2-1-3-5-12)25-10-11-6-8-13(9-7-11)22(23)24/h1-9H,10H2. The van der Waals surface area contributed by atoms with E-state index in [4.69, 9.17) is 9.15 Å². The van der Waals surface area contributed by atoms with Crippen molar-refractivity contribution in [2.75, 3.05) is 0 Å². The Labute approximate surface area is 145 Å². The molecule has 0 saturated heterocycles. The van der Waals surface area contributed by atoms with Crippen LogP contribution in [0.15, 0.2) is 59.0 Å². The zero-order chi connectivity index (χ0) is 18.7. The number of nitro groups is 1. The molecule has 0 fully saturated rings. The summed E-state index contributed by atoms with van der Waals surface area (Å²) in [5, 5.41) is 10.6. The third-order valence-corrected chi connectivity index (χ3v) is 3.40. The quantitative estimate of drug-likeness (QED) is 0.478. The number of non-ortho nitro benzene ring substituents is 1. The van der Waals surface area contributed by atoms with E-state index in [-0.39, 0.29) is 18.2 Å². The Balaban J connectivity index is 1.84. The first-order chi connectivity index (χ1) is 12.3. The number of nitrogens with zero attached hydrogens (tertiary/aromatic N) is 2. The van der Waals surface area contributed by atoms with Gasteiger partial charge in [-0.1, -0.05) is 18.2 Å². The van der Waals surface area contributed by atoms with E-state index >= 15 is 0 Å². The van der Waals surface area contributed by atoms with Crippen molar-refractivity contribution in [2.45, 2.75) is 12.8 Å². The minimum atomic E-state index is -4.75. The second-order valence-electron chi connectivity index (χ2n) is 5.23. The summed E-state index contributed by atoms with van der Waals surface area (Å²) in [5.74, 6) is -0.966. The predicted octanol–water partition coefficient (Wildman–Crippen LogP) is 4.85. The highest BCUT2D eigenvalue weighted by atomic mass is 19.4. The normalized spacial score (nSPS) is 11.3. The molecular formula is C17H11F3N2O4. The Morgan fingerprint density at radius 1 is 1.08 bits per heavy atom. The lowest BCUT2D eigenvalue weighted by molar-refractivity contribution is -0.384. The number of alkyl halides is 3. The fourth-order valence-electron chi connectivity index (χ4n) is 2.15. The van der Waals surface area contributed by atoms with Crippen LogP contribution >= 0.6 is 0 Å². The number of ether oxygens (including phenoxy) is 1. The summed E-state index contributed by atoms with van der Waals surface area (Å²) in [6.07, 6.45) is -4.75. The summed E-state index contributed by atoms with van der Waals surface area (Å²) in [6, 6.07) is 13.4. The van der Waals surface area contributed by atoms with Gasteiger partial charge in [0.15, 0.2) is 0 Å². The van der Waals surface area contributed by atoms with E-state index < -0.39 is 22.7 Å². The number of hydrogen-bond acceptors (Lipinski definition) is 5. The van der Waals surface area contributed by atoms with Crippen LogP contribution in [0.25, 0.3) is 11.5 Å².